The van der Waals surface area contributed by atoms with E-state index < -0.39 is 0 Å². The van der Waals surface area contributed by atoms with Crippen LogP contribution in [-0.2, 0) is 0 Å². The van der Waals surface area contributed by atoms with Crippen LogP contribution in [0.15, 0.2) is 24.3 Å². The molecule has 1 N–H and O–H groups in total. The van der Waals surface area contributed by atoms with Crippen LogP contribution in [0.4, 0.5) is 10.5 Å². The normalized spacial score (nSPS) is 10.3. The molecule has 0 aliphatic heterocycles. The zero-order valence-corrected chi connectivity index (χ0v) is 13.9. The topological polar surface area (TPSA) is 32.3 Å². The predicted octanol–water partition coefficient (Wildman–Crippen LogP) is 4.73. The fourth-order valence-corrected chi connectivity index (χ4v) is 2.29. The summed E-state index contributed by atoms with van der Waals surface area (Å²) in [5.41, 5.74) is 0.895. The van der Waals surface area contributed by atoms with Gasteiger partial charge in [0.2, 0.25) is 0 Å². The maximum atomic E-state index is 12.3. The average Bonchev–Trinajstić information content (AvgIpc) is 2.41. The standard InChI is InChI=1S/C15H23IN2O/c1-3-5-11-18(12-6-4-2)15(19)17-14-10-8-7-9-13(14)16/h7-10H,3-6,11-12H2,1-2H3,(H,17,19). The second-order valence-corrected chi connectivity index (χ2v) is 5.77. The Hall–Kier alpha value is -0.780. The van der Waals surface area contributed by atoms with Crippen LogP contribution in [0.5, 0.6) is 0 Å². The third kappa shape index (κ3) is 5.80. The number of carbonyl (C=O) groups is 1. The first-order valence-electron chi connectivity index (χ1n) is 6.99. The molecule has 0 fully saturated rings. The van der Waals surface area contributed by atoms with Gasteiger partial charge in [0, 0.05) is 16.7 Å². The van der Waals surface area contributed by atoms with Gasteiger partial charge in [0.15, 0.2) is 0 Å². The summed E-state index contributed by atoms with van der Waals surface area (Å²) in [4.78, 5) is 14.2. The lowest BCUT2D eigenvalue weighted by molar-refractivity contribution is 0.210. The Balaban J connectivity index is 2.62. The number of urea groups is 1. The molecule has 0 saturated heterocycles. The summed E-state index contributed by atoms with van der Waals surface area (Å²) in [5.74, 6) is 0. The largest absolute Gasteiger partial charge is 0.325 e. The Morgan fingerprint density at radius 2 is 1.74 bits per heavy atom. The Bertz CT molecular complexity index is 387. The molecule has 1 aromatic carbocycles. The van der Waals surface area contributed by atoms with Crippen LogP contribution >= 0.6 is 22.6 Å². The summed E-state index contributed by atoms with van der Waals surface area (Å²) in [6.45, 7) is 5.98. The van der Waals surface area contributed by atoms with Crippen LogP contribution in [0.1, 0.15) is 39.5 Å². The monoisotopic (exact) mass is 374 g/mol. The number of para-hydroxylation sites is 1. The fourth-order valence-electron chi connectivity index (χ4n) is 1.77. The Kier molecular flexibility index (Phi) is 7.86. The highest BCUT2D eigenvalue weighted by Crippen LogP contribution is 2.17. The Morgan fingerprint density at radius 3 is 2.26 bits per heavy atom. The van der Waals surface area contributed by atoms with E-state index in [2.05, 4.69) is 41.8 Å². The van der Waals surface area contributed by atoms with Crippen LogP contribution in [0, 0.1) is 3.57 Å². The van der Waals surface area contributed by atoms with E-state index in [4.69, 9.17) is 0 Å². The van der Waals surface area contributed by atoms with Crippen molar-refractivity contribution in [2.75, 3.05) is 18.4 Å². The summed E-state index contributed by atoms with van der Waals surface area (Å²) >= 11 is 2.24. The molecular formula is C15H23IN2O. The lowest BCUT2D eigenvalue weighted by atomic mass is 10.2. The van der Waals surface area contributed by atoms with Crippen LogP contribution in [0.3, 0.4) is 0 Å². The SMILES string of the molecule is CCCCN(CCCC)C(=O)Nc1ccccc1I. The third-order valence-electron chi connectivity index (χ3n) is 2.97. The zero-order valence-electron chi connectivity index (χ0n) is 11.8. The minimum atomic E-state index is 0.0195. The molecule has 0 atom stereocenters. The minimum Gasteiger partial charge on any atom is -0.325 e. The highest BCUT2D eigenvalue weighted by atomic mass is 127. The molecule has 0 aromatic heterocycles. The molecule has 4 heteroatoms. The molecular weight excluding hydrogens is 351 g/mol. The quantitative estimate of drug-likeness (QED) is 0.688. The molecule has 1 rings (SSSR count). The van der Waals surface area contributed by atoms with Gasteiger partial charge in [-0.2, -0.15) is 0 Å². The van der Waals surface area contributed by atoms with E-state index in [0.717, 1.165) is 48.0 Å². The van der Waals surface area contributed by atoms with Crippen molar-refractivity contribution in [3.05, 3.63) is 27.8 Å². The van der Waals surface area contributed by atoms with Gasteiger partial charge in [0.25, 0.3) is 0 Å². The van der Waals surface area contributed by atoms with Crippen LogP contribution in [0.25, 0.3) is 0 Å². The summed E-state index contributed by atoms with van der Waals surface area (Å²) in [5, 5.41) is 3.01. The first-order chi connectivity index (χ1) is 9.19. The van der Waals surface area contributed by atoms with Crippen molar-refractivity contribution in [2.24, 2.45) is 0 Å². The van der Waals surface area contributed by atoms with E-state index in [9.17, 15) is 4.79 Å². The molecule has 0 spiro atoms. The lowest BCUT2D eigenvalue weighted by Crippen LogP contribution is -2.36. The highest BCUT2D eigenvalue weighted by Gasteiger charge is 2.13. The second kappa shape index (κ2) is 9.18. The van der Waals surface area contributed by atoms with Crippen molar-refractivity contribution < 1.29 is 4.79 Å². The molecule has 0 aliphatic rings. The highest BCUT2D eigenvalue weighted by molar-refractivity contribution is 14.1. The number of unbranched alkanes of at least 4 members (excludes halogenated alkanes) is 2. The van der Waals surface area contributed by atoms with Gasteiger partial charge in [0.1, 0.15) is 0 Å². The number of halogens is 1. The van der Waals surface area contributed by atoms with Crippen LogP contribution in [0.2, 0.25) is 0 Å². The molecule has 0 radical (unpaired) electrons. The molecule has 1 aromatic rings. The van der Waals surface area contributed by atoms with Gasteiger partial charge in [-0.15, -0.1) is 0 Å². The number of benzene rings is 1. The maximum absolute atomic E-state index is 12.3. The summed E-state index contributed by atoms with van der Waals surface area (Å²) in [6, 6.07) is 7.88. The first kappa shape index (κ1) is 16.3. The number of rotatable bonds is 7. The lowest BCUT2D eigenvalue weighted by Gasteiger charge is -2.23. The predicted molar refractivity (Wildman–Crippen MR) is 89.6 cm³/mol. The van der Waals surface area contributed by atoms with Crippen molar-refractivity contribution >= 4 is 34.3 Å². The summed E-state index contributed by atoms with van der Waals surface area (Å²) in [7, 11) is 0. The van der Waals surface area contributed by atoms with Crippen molar-refractivity contribution in [3.63, 3.8) is 0 Å². The van der Waals surface area contributed by atoms with Gasteiger partial charge in [-0.3, -0.25) is 0 Å². The molecule has 0 heterocycles. The molecule has 19 heavy (non-hydrogen) atoms. The third-order valence-corrected chi connectivity index (χ3v) is 3.91. The molecule has 106 valence electrons. The number of nitrogens with one attached hydrogen (secondary N) is 1. The summed E-state index contributed by atoms with van der Waals surface area (Å²) in [6.07, 6.45) is 4.34. The molecule has 0 unspecified atom stereocenters. The average molecular weight is 374 g/mol. The van der Waals surface area contributed by atoms with Gasteiger partial charge in [0.05, 0.1) is 5.69 Å². The number of nitrogens with zero attached hydrogens (tertiary/aromatic N) is 1. The van der Waals surface area contributed by atoms with Crippen molar-refractivity contribution in [1.29, 1.82) is 0 Å². The number of hydrogen-bond donors (Lipinski definition) is 1. The number of anilines is 1. The molecule has 0 aliphatic carbocycles. The zero-order chi connectivity index (χ0) is 14.1. The van der Waals surface area contributed by atoms with E-state index in [-0.39, 0.29) is 6.03 Å². The number of amides is 2. The first-order valence-corrected chi connectivity index (χ1v) is 8.07. The van der Waals surface area contributed by atoms with Crippen molar-refractivity contribution in [2.45, 2.75) is 39.5 Å². The van der Waals surface area contributed by atoms with Crippen molar-refractivity contribution in [1.82, 2.24) is 4.90 Å². The molecule has 3 nitrogen and oxygen atoms in total. The Labute approximate surface area is 129 Å². The second-order valence-electron chi connectivity index (χ2n) is 4.60. The number of carbonyl (C=O) groups excluding carboxylic acids is 1. The van der Waals surface area contributed by atoms with E-state index in [1.807, 2.05) is 29.2 Å². The van der Waals surface area contributed by atoms with Crippen LogP contribution < -0.4 is 5.32 Å². The van der Waals surface area contributed by atoms with E-state index >= 15 is 0 Å². The molecule has 2 amide bonds. The number of hydrogen-bond acceptors (Lipinski definition) is 1. The molecule has 0 bridgehead atoms. The maximum Gasteiger partial charge on any atom is 0.321 e. The fraction of sp³-hybridized carbons (Fsp3) is 0.533. The van der Waals surface area contributed by atoms with Gasteiger partial charge in [-0.25, -0.2) is 4.79 Å². The van der Waals surface area contributed by atoms with Gasteiger partial charge < -0.3 is 10.2 Å². The van der Waals surface area contributed by atoms with E-state index in [1.165, 1.54) is 0 Å². The van der Waals surface area contributed by atoms with E-state index in [1.54, 1.807) is 0 Å². The van der Waals surface area contributed by atoms with Gasteiger partial charge >= 0.3 is 6.03 Å². The summed E-state index contributed by atoms with van der Waals surface area (Å²) < 4.78 is 1.07. The minimum absolute atomic E-state index is 0.0195. The van der Waals surface area contributed by atoms with Gasteiger partial charge in [-0.1, -0.05) is 38.8 Å². The molecule has 0 saturated carbocycles. The van der Waals surface area contributed by atoms with Crippen molar-refractivity contribution in [3.8, 4) is 0 Å². The van der Waals surface area contributed by atoms with Crippen LogP contribution in [-0.4, -0.2) is 24.0 Å². The Morgan fingerprint density at radius 1 is 1.16 bits per heavy atom. The van der Waals surface area contributed by atoms with Gasteiger partial charge in [-0.05, 0) is 47.6 Å². The van der Waals surface area contributed by atoms with E-state index in [0.29, 0.717) is 0 Å². The smallest absolute Gasteiger partial charge is 0.321 e.